The predicted octanol–water partition coefficient (Wildman–Crippen LogP) is 4.81. The van der Waals surface area contributed by atoms with E-state index in [-0.39, 0.29) is 16.9 Å². The molecule has 0 aliphatic heterocycles. The summed E-state index contributed by atoms with van der Waals surface area (Å²) >= 11 is 0. The van der Waals surface area contributed by atoms with E-state index in [0.29, 0.717) is 25.2 Å². The molecule has 6 heteroatoms. The summed E-state index contributed by atoms with van der Waals surface area (Å²) in [6.07, 6.45) is 7.24. The van der Waals surface area contributed by atoms with Crippen molar-refractivity contribution in [1.29, 1.82) is 0 Å². The molecule has 0 bridgehead atoms. The van der Waals surface area contributed by atoms with E-state index in [1.165, 1.54) is 6.07 Å². The smallest absolute Gasteiger partial charge is 0.329 e. The Bertz CT molecular complexity index is 807. The number of allylic oxidation sites excluding steroid dienone is 1. The monoisotopic (exact) mass is 403 g/mol. The van der Waals surface area contributed by atoms with E-state index in [4.69, 9.17) is 4.74 Å². The number of amides is 1. The molecule has 2 N–H and O–H groups in total. The molecule has 0 spiro atoms. The average molecular weight is 403 g/mol. The van der Waals surface area contributed by atoms with Crippen molar-refractivity contribution in [2.75, 3.05) is 6.61 Å². The van der Waals surface area contributed by atoms with Gasteiger partial charge in [-0.15, -0.1) is 6.58 Å². The lowest BCUT2D eigenvalue weighted by molar-refractivity contribution is -0.140. The van der Waals surface area contributed by atoms with Crippen LogP contribution < -0.4 is 10.1 Å². The minimum absolute atomic E-state index is 0.0467. The number of carbonyl (C=O) groups excluding carboxylic acids is 1. The van der Waals surface area contributed by atoms with Gasteiger partial charge < -0.3 is 15.2 Å². The van der Waals surface area contributed by atoms with Crippen molar-refractivity contribution in [3.8, 4) is 5.75 Å². The number of hydrogen-bond acceptors (Lipinski definition) is 3. The van der Waals surface area contributed by atoms with Gasteiger partial charge in [0.1, 0.15) is 17.1 Å². The van der Waals surface area contributed by atoms with E-state index >= 15 is 0 Å². The number of ether oxygens (including phenoxy) is 1. The second-order valence-electron chi connectivity index (χ2n) is 8.47. The van der Waals surface area contributed by atoms with Gasteiger partial charge in [-0.05, 0) is 62.5 Å². The largest absolute Gasteiger partial charge is 0.493 e. The number of nitrogens with one attached hydrogen (secondary N) is 1. The highest BCUT2D eigenvalue weighted by Crippen LogP contribution is 2.46. The summed E-state index contributed by atoms with van der Waals surface area (Å²) in [4.78, 5) is 23.9. The zero-order valence-electron chi connectivity index (χ0n) is 17.2. The quantitative estimate of drug-likeness (QED) is 0.520. The van der Waals surface area contributed by atoms with E-state index < -0.39 is 23.2 Å². The standard InChI is InChI=1S/C23H30FNO4/c1-4-9-22(5-2,6-3)14-29-19-13-18(24)17(12-16(19)15-7-8-15)20(26)25-23(10-11-23)21(27)28/h4,12-13,15H,1,5-11,14H2,2-3H3,(H,25,26)(H,27,28). The molecule has 1 amide bonds. The maximum Gasteiger partial charge on any atom is 0.329 e. The van der Waals surface area contributed by atoms with Gasteiger partial charge in [0.05, 0.1) is 12.2 Å². The van der Waals surface area contributed by atoms with Gasteiger partial charge >= 0.3 is 5.97 Å². The second-order valence-corrected chi connectivity index (χ2v) is 8.47. The first-order chi connectivity index (χ1) is 13.8. The van der Waals surface area contributed by atoms with Crippen LogP contribution in [0.2, 0.25) is 0 Å². The number of rotatable bonds is 11. The van der Waals surface area contributed by atoms with Gasteiger partial charge in [0.25, 0.3) is 5.91 Å². The second kappa shape index (κ2) is 8.17. The lowest BCUT2D eigenvalue weighted by Crippen LogP contribution is -2.43. The average Bonchev–Trinajstić information content (AvgIpc) is 3.60. The highest BCUT2D eigenvalue weighted by molar-refractivity contribution is 5.99. The Morgan fingerprint density at radius 3 is 2.48 bits per heavy atom. The van der Waals surface area contributed by atoms with Crippen LogP contribution in [0.15, 0.2) is 24.8 Å². The van der Waals surface area contributed by atoms with Crippen molar-refractivity contribution in [1.82, 2.24) is 5.32 Å². The minimum Gasteiger partial charge on any atom is -0.493 e. The van der Waals surface area contributed by atoms with Gasteiger partial charge in [-0.25, -0.2) is 9.18 Å². The highest BCUT2D eigenvalue weighted by Gasteiger charge is 2.52. The number of carbonyl (C=O) groups is 2. The number of carboxylic acid groups (broad SMARTS) is 1. The molecule has 2 aliphatic carbocycles. The summed E-state index contributed by atoms with van der Waals surface area (Å²) in [7, 11) is 0. The van der Waals surface area contributed by atoms with Gasteiger partial charge in [0, 0.05) is 11.5 Å². The van der Waals surface area contributed by atoms with Crippen LogP contribution in [0.1, 0.15) is 80.6 Å². The maximum atomic E-state index is 14.8. The van der Waals surface area contributed by atoms with Crippen molar-refractivity contribution in [2.45, 2.75) is 70.3 Å². The van der Waals surface area contributed by atoms with Crippen LogP contribution >= 0.6 is 0 Å². The Morgan fingerprint density at radius 1 is 1.34 bits per heavy atom. The van der Waals surface area contributed by atoms with Gasteiger partial charge in [-0.3, -0.25) is 4.79 Å². The molecule has 3 rings (SSSR count). The van der Waals surface area contributed by atoms with Gasteiger partial charge in [0.2, 0.25) is 0 Å². The first kappa shape index (κ1) is 21.3. The Hall–Kier alpha value is -2.37. The molecule has 0 atom stereocenters. The lowest BCUT2D eigenvalue weighted by atomic mass is 9.80. The first-order valence-electron chi connectivity index (χ1n) is 10.4. The molecular weight excluding hydrogens is 373 g/mol. The fraction of sp³-hybridized carbons (Fsp3) is 0.565. The van der Waals surface area contributed by atoms with Gasteiger partial charge in [-0.2, -0.15) is 0 Å². The summed E-state index contributed by atoms with van der Waals surface area (Å²) in [5.74, 6) is -1.71. The number of aliphatic carboxylic acids is 1. The van der Waals surface area contributed by atoms with Crippen LogP contribution in [0.3, 0.4) is 0 Å². The molecule has 0 saturated heterocycles. The van der Waals surface area contributed by atoms with E-state index in [2.05, 4.69) is 25.7 Å². The fourth-order valence-electron chi connectivity index (χ4n) is 3.72. The Labute approximate surface area is 171 Å². The minimum atomic E-state index is -1.25. The summed E-state index contributed by atoms with van der Waals surface area (Å²) in [6, 6.07) is 2.83. The molecule has 29 heavy (non-hydrogen) atoms. The van der Waals surface area contributed by atoms with Crippen LogP contribution in [0, 0.1) is 11.2 Å². The summed E-state index contributed by atoms with van der Waals surface area (Å²) in [5, 5.41) is 11.8. The van der Waals surface area contributed by atoms with E-state index in [1.54, 1.807) is 6.07 Å². The van der Waals surface area contributed by atoms with Gasteiger partial charge in [0.15, 0.2) is 0 Å². The van der Waals surface area contributed by atoms with Crippen molar-refractivity contribution in [3.05, 3.63) is 41.7 Å². The van der Waals surface area contributed by atoms with Crippen molar-refractivity contribution in [3.63, 3.8) is 0 Å². The van der Waals surface area contributed by atoms with Crippen LogP contribution in [0.5, 0.6) is 5.75 Å². The Morgan fingerprint density at radius 2 is 2.00 bits per heavy atom. The first-order valence-corrected chi connectivity index (χ1v) is 10.4. The number of carboxylic acids is 1. The molecule has 0 aromatic heterocycles. The summed E-state index contributed by atoms with van der Waals surface area (Å²) < 4.78 is 20.9. The van der Waals surface area contributed by atoms with Gasteiger partial charge in [-0.1, -0.05) is 19.9 Å². The topological polar surface area (TPSA) is 75.6 Å². The van der Waals surface area contributed by atoms with Crippen LogP contribution in [-0.2, 0) is 4.79 Å². The number of benzene rings is 1. The summed E-state index contributed by atoms with van der Waals surface area (Å²) in [6.45, 7) is 8.53. The van der Waals surface area contributed by atoms with Crippen LogP contribution in [0.25, 0.3) is 0 Å². The summed E-state index contributed by atoms with van der Waals surface area (Å²) in [5.41, 5.74) is -0.577. The third-order valence-corrected chi connectivity index (χ3v) is 6.48. The number of hydrogen-bond donors (Lipinski definition) is 2. The zero-order valence-corrected chi connectivity index (χ0v) is 17.2. The Balaban J connectivity index is 1.83. The fourth-order valence-corrected chi connectivity index (χ4v) is 3.72. The SMILES string of the molecule is C=CCC(CC)(CC)COc1cc(F)c(C(=O)NC2(C(=O)O)CC2)cc1C1CC1. The maximum absolute atomic E-state index is 14.8. The molecule has 2 saturated carbocycles. The van der Waals surface area contributed by atoms with Crippen molar-refractivity contribution < 1.29 is 23.8 Å². The number of halogens is 1. The zero-order chi connectivity index (χ0) is 21.2. The molecule has 0 heterocycles. The van der Waals surface area contributed by atoms with Crippen LogP contribution in [-0.4, -0.2) is 29.1 Å². The van der Waals surface area contributed by atoms with E-state index in [0.717, 1.165) is 37.7 Å². The molecular formula is C23H30FNO4. The highest BCUT2D eigenvalue weighted by atomic mass is 19.1. The predicted molar refractivity (Wildman–Crippen MR) is 109 cm³/mol. The molecule has 0 unspecified atom stereocenters. The lowest BCUT2D eigenvalue weighted by Gasteiger charge is -2.31. The Kier molecular flexibility index (Phi) is 6.01. The molecule has 0 radical (unpaired) electrons. The third kappa shape index (κ3) is 4.46. The van der Waals surface area contributed by atoms with Crippen molar-refractivity contribution in [2.24, 2.45) is 5.41 Å². The van der Waals surface area contributed by atoms with E-state index in [1.807, 2.05) is 6.08 Å². The third-order valence-electron chi connectivity index (χ3n) is 6.48. The van der Waals surface area contributed by atoms with Crippen LogP contribution in [0.4, 0.5) is 4.39 Å². The molecule has 158 valence electrons. The van der Waals surface area contributed by atoms with E-state index in [9.17, 15) is 19.1 Å². The van der Waals surface area contributed by atoms with Crippen molar-refractivity contribution >= 4 is 11.9 Å². The molecule has 1 aromatic rings. The molecule has 2 aliphatic rings. The molecule has 1 aromatic carbocycles. The molecule has 2 fully saturated rings. The molecule has 5 nitrogen and oxygen atoms in total. The normalized spacial score (nSPS) is 17.5.